The van der Waals surface area contributed by atoms with Crippen LogP contribution < -0.4 is 20.1 Å². The fourth-order valence-corrected chi connectivity index (χ4v) is 5.49. The average Bonchev–Trinajstić information content (AvgIpc) is 3.41. The second-order valence-corrected chi connectivity index (χ2v) is 10.6. The van der Waals surface area contributed by atoms with Crippen LogP contribution in [-0.2, 0) is 18.9 Å². The number of rotatable bonds is 6. The molecule has 0 radical (unpaired) electrons. The molecule has 0 saturated carbocycles. The van der Waals surface area contributed by atoms with Gasteiger partial charge in [-0.05, 0) is 17.2 Å². The number of amides is 1. The number of halogens is 6. The Balaban J connectivity index is 1.14. The summed E-state index contributed by atoms with van der Waals surface area (Å²) >= 11 is 0. The molecule has 17 heteroatoms. The number of ether oxygens (including phenoxy) is 1. The van der Waals surface area contributed by atoms with E-state index in [1.165, 1.54) is 23.4 Å². The zero-order valence-corrected chi connectivity index (χ0v) is 23.7. The first-order valence-electron chi connectivity index (χ1n) is 13.9. The predicted molar refractivity (Wildman–Crippen MR) is 150 cm³/mol. The molecule has 2 aliphatic heterocycles. The van der Waals surface area contributed by atoms with Crippen molar-refractivity contribution in [1.82, 2.24) is 30.0 Å². The van der Waals surface area contributed by atoms with E-state index in [1.807, 2.05) is 5.10 Å². The number of carbonyl (C=O) groups excluding carboxylic acids is 1. The van der Waals surface area contributed by atoms with E-state index in [0.29, 0.717) is 18.0 Å². The van der Waals surface area contributed by atoms with Crippen molar-refractivity contribution < 1.29 is 35.9 Å². The third-order valence-electron chi connectivity index (χ3n) is 7.74. The van der Waals surface area contributed by atoms with Crippen LogP contribution in [0.15, 0.2) is 66.1 Å². The van der Waals surface area contributed by atoms with E-state index in [2.05, 4.69) is 20.1 Å². The largest absolute Gasteiger partial charge is 0.489 e. The standard InChI is InChI=1S/C29H24F6N8O3/c30-28(31,32)19-11-37-27(38-12-19)42-7-5-41(6-8-42)26(45)18-9-20(13-36-10-18)46-16-23-21-4-2-1-3-17(21)15-43(23)22-14-39-40-25(44)24(22)29(33,34)35/h1-4,9-14,23H,5-8,15-16H2,(H,40,44). The number of pyridine rings is 1. The molecule has 0 bridgehead atoms. The van der Waals surface area contributed by atoms with Crippen molar-refractivity contribution in [2.45, 2.75) is 24.9 Å². The Kier molecular flexibility index (Phi) is 7.99. The van der Waals surface area contributed by atoms with E-state index >= 15 is 0 Å². The highest BCUT2D eigenvalue weighted by atomic mass is 19.4. The molecule has 1 saturated heterocycles. The highest BCUT2D eigenvalue weighted by Gasteiger charge is 2.42. The maximum absolute atomic E-state index is 13.9. The average molecular weight is 647 g/mol. The summed E-state index contributed by atoms with van der Waals surface area (Å²) in [5.74, 6) is -0.0341. The van der Waals surface area contributed by atoms with Crippen LogP contribution in [0, 0.1) is 0 Å². The number of fused-ring (bicyclic) bond motifs is 1. The van der Waals surface area contributed by atoms with Gasteiger partial charge < -0.3 is 19.4 Å². The molecular formula is C29H24F6N8O3. The Hall–Kier alpha value is -5.22. The third kappa shape index (κ3) is 6.16. The van der Waals surface area contributed by atoms with Gasteiger partial charge in [-0.15, -0.1) is 0 Å². The molecule has 0 spiro atoms. The van der Waals surface area contributed by atoms with E-state index in [4.69, 9.17) is 4.74 Å². The van der Waals surface area contributed by atoms with Crippen molar-refractivity contribution in [2.24, 2.45) is 0 Å². The van der Waals surface area contributed by atoms with E-state index < -0.39 is 35.1 Å². The van der Waals surface area contributed by atoms with Gasteiger partial charge in [-0.3, -0.25) is 14.6 Å². The van der Waals surface area contributed by atoms with Gasteiger partial charge in [-0.2, -0.15) is 31.4 Å². The number of benzene rings is 1. The first-order valence-corrected chi connectivity index (χ1v) is 13.9. The molecule has 240 valence electrons. The number of hydrogen-bond donors (Lipinski definition) is 1. The number of alkyl halides is 6. The lowest BCUT2D eigenvalue weighted by atomic mass is 10.1. The van der Waals surface area contributed by atoms with Crippen molar-refractivity contribution >= 4 is 17.5 Å². The highest BCUT2D eigenvalue weighted by molar-refractivity contribution is 5.94. The third-order valence-corrected chi connectivity index (χ3v) is 7.74. The zero-order chi connectivity index (χ0) is 32.6. The molecule has 5 heterocycles. The summed E-state index contributed by atoms with van der Waals surface area (Å²) in [6, 6.07) is 7.81. The van der Waals surface area contributed by atoms with Crippen LogP contribution >= 0.6 is 0 Å². The van der Waals surface area contributed by atoms with Crippen molar-refractivity contribution in [3.63, 3.8) is 0 Å². The second kappa shape index (κ2) is 11.9. The molecule has 1 N–H and O–H groups in total. The number of carbonyl (C=O) groups is 1. The van der Waals surface area contributed by atoms with Crippen LogP contribution in [0.25, 0.3) is 0 Å². The smallest absolute Gasteiger partial charge is 0.423 e. The molecule has 1 fully saturated rings. The molecule has 1 atom stereocenters. The molecule has 11 nitrogen and oxygen atoms in total. The first kappa shape index (κ1) is 30.8. The minimum atomic E-state index is -4.93. The van der Waals surface area contributed by atoms with E-state index in [1.54, 1.807) is 34.1 Å². The summed E-state index contributed by atoms with van der Waals surface area (Å²) in [5.41, 5.74) is -2.38. The first-order chi connectivity index (χ1) is 21.9. The van der Waals surface area contributed by atoms with Gasteiger partial charge in [0.25, 0.3) is 11.5 Å². The van der Waals surface area contributed by atoms with E-state index in [0.717, 1.165) is 11.8 Å². The molecule has 0 aliphatic carbocycles. The number of nitrogens with zero attached hydrogens (tertiary/aromatic N) is 7. The zero-order valence-electron chi connectivity index (χ0n) is 23.7. The summed E-state index contributed by atoms with van der Waals surface area (Å²) in [4.78, 5) is 41.8. The number of hydrogen-bond acceptors (Lipinski definition) is 9. The lowest BCUT2D eigenvalue weighted by Gasteiger charge is -2.34. The summed E-state index contributed by atoms with van der Waals surface area (Å²) in [6.45, 7) is 1.01. The molecule has 1 unspecified atom stereocenters. The van der Waals surface area contributed by atoms with Crippen LogP contribution in [0.4, 0.5) is 38.0 Å². The Morgan fingerprint density at radius 2 is 1.65 bits per heavy atom. The normalized spacial score (nSPS) is 16.8. The number of piperazine rings is 1. The quantitative estimate of drug-likeness (QED) is 0.309. The SMILES string of the molecule is O=C(c1cncc(OCC2c3ccccc3CN2c2cn[nH]c(=O)c2C(F)(F)F)c1)N1CCN(c2ncc(C(F)(F)F)cn2)CC1. The summed E-state index contributed by atoms with van der Waals surface area (Å²) < 4.78 is 86.2. The van der Waals surface area contributed by atoms with Crippen LogP contribution in [-0.4, -0.2) is 68.7 Å². The maximum Gasteiger partial charge on any atom is 0.423 e. The van der Waals surface area contributed by atoms with Crippen LogP contribution in [0.5, 0.6) is 5.75 Å². The van der Waals surface area contributed by atoms with Crippen molar-refractivity contribution in [3.05, 3.63) is 99.5 Å². The van der Waals surface area contributed by atoms with Gasteiger partial charge >= 0.3 is 12.4 Å². The number of H-pyrrole nitrogens is 1. The van der Waals surface area contributed by atoms with Gasteiger partial charge in [0.1, 0.15) is 17.9 Å². The Bertz CT molecular complexity index is 1790. The van der Waals surface area contributed by atoms with Crippen molar-refractivity contribution in [1.29, 1.82) is 0 Å². The maximum atomic E-state index is 13.9. The highest BCUT2D eigenvalue weighted by Crippen LogP contribution is 2.42. The summed E-state index contributed by atoms with van der Waals surface area (Å²) in [6.07, 6.45) is -4.35. The van der Waals surface area contributed by atoms with Crippen LogP contribution in [0.2, 0.25) is 0 Å². The minimum absolute atomic E-state index is 0.0820. The van der Waals surface area contributed by atoms with E-state index in [9.17, 15) is 35.9 Å². The fraction of sp³-hybridized carbons (Fsp3) is 0.310. The number of aromatic nitrogens is 5. The summed E-state index contributed by atoms with van der Waals surface area (Å²) in [5, 5.41) is 5.46. The van der Waals surface area contributed by atoms with Crippen LogP contribution in [0.3, 0.4) is 0 Å². The van der Waals surface area contributed by atoms with Gasteiger partial charge in [0, 0.05) is 51.3 Å². The van der Waals surface area contributed by atoms with Gasteiger partial charge in [0.05, 0.1) is 35.2 Å². The Morgan fingerprint density at radius 1 is 0.935 bits per heavy atom. The lowest BCUT2D eigenvalue weighted by Crippen LogP contribution is -2.49. The lowest BCUT2D eigenvalue weighted by molar-refractivity contribution is -0.139. The molecule has 3 aromatic heterocycles. The molecule has 4 aromatic rings. The summed E-state index contributed by atoms with van der Waals surface area (Å²) in [7, 11) is 0. The fourth-order valence-electron chi connectivity index (χ4n) is 5.49. The van der Waals surface area contributed by atoms with Crippen molar-refractivity contribution in [2.75, 3.05) is 42.6 Å². The molecule has 1 amide bonds. The Labute approximate surface area is 256 Å². The molecular weight excluding hydrogens is 622 g/mol. The van der Waals surface area contributed by atoms with E-state index in [-0.39, 0.29) is 68.2 Å². The molecule has 46 heavy (non-hydrogen) atoms. The number of nitrogens with one attached hydrogen (secondary N) is 1. The predicted octanol–water partition coefficient (Wildman–Crippen LogP) is 4.10. The number of anilines is 2. The van der Waals surface area contributed by atoms with Crippen LogP contribution in [0.1, 0.15) is 38.7 Å². The molecule has 2 aliphatic rings. The Morgan fingerprint density at radius 3 is 2.35 bits per heavy atom. The number of aromatic amines is 1. The minimum Gasteiger partial charge on any atom is -0.489 e. The monoisotopic (exact) mass is 646 g/mol. The van der Waals surface area contributed by atoms with Gasteiger partial charge in [-0.1, -0.05) is 24.3 Å². The second-order valence-electron chi connectivity index (χ2n) is 10.6. The topological polar surface area (TPSA) is 120 Å². The molecule has 1 aromatic carbocycles. The van der Waals surface area contributed by atoms with Gasteiger partial charge in [0.2, 0.25) is 5.95 Å². The van der Waals surface area contributed by atoms with Gasteiger partial charge in [-0.25, -0.2) is 15.1 Å². The van der Waals surface area contributed by atoms with Crippen molar-refractivity contribution in [3.8, 4) is 5.75 Å². The molecule has 6 rings (SSSR count). The van der Waals surface area contributed by atoms with Gasteiger partial charge in [0.15, 0.2) is 0 Å².